The zero-order valence-corrected chi connectivity index (χ0v) is 16.1. The van der Waals surface area contributed by atoms with E-state index in [1.165, 1.54) is 24.4 Å². The lowest BCUT2D eigenvalue weighted by molar-refractivity contribution is -0.137. The SMILES string of the molecule is CN/C=C\C(=C/C=O)NC(=O)c1cc(C(F)(F)F)ccc1Oc1ccc(Cl)cc1F. The fraction of sp³-hybridized carbons (Fsp3) is 0.100. The van der Waals surface area contributed by atoms with E-state index in [2.05, 4.69) is 10.6 Å². The van der Waals surface area contributed by atoms with Crippen LogP contribution in [0.15, 0.2) is 60.4 Å². The highest BCUT2D eigenvalue weighted by Gasteiger charge is 2.32. The molecule has 2 rings (SSSR count). The highest BCUT2D eigenvalue weighted by atomic mass is 35.5. The summed E-state index contributed by atoms with van der Waals surface area (Å²) < 4.78 is 58.7. The summed E-state index contributed by atoms with van der Waals surface area (Å²) in [6.45, 7) is 0. The number of nitrogens with one attached hydrogen (secondary N) is 2. The van der Waals surface area contributed by atoms with E-state index >= 15 is 0 Å². The van der Waals surface area contributed by atoms with Crippen molar-refractivity contribution in [2.75, 3.05) is 7.05 Å². The first kappa shape index (κ1) is 23.0. The summed E-state index contributed by atoms with van der Waals surface area (Å²) in [5.41, 5.74) is -1.62. The van der Waals surface area contributed by atoms with Crippen LogP contribution in [0.5, 0.6) is 11.5 Å². The smallest absolute Gasteiger partial charge is 0.416 e. The molecule has 0 fully saturated rings. The van der Waals surface area contributed by atoms with Crippen molar-refractivity contribution in [1.82, 2.24) is 10.6 Å². The molecule has 5 nitrogen and oxygen atoms in total. The molecular weight excluding hydrogens is 428 g/mol. The van der Waals surface area contributed by atoms with Gasteiger partial charge in [-0.15, -0.1) is 0 Å². The van der Waals surface area contributed by atoms with Crippen LogP contribution in [0.1, 0.15) is 15.9 Å². The second-order valence-electron chi connectivity index (χ2n) is 5.72. The van der Waals surface area contributed by atoms with E-state index in [0.717, 1.165) is 18.2 Å². The zero-order chi connectivity index (χ0) is 22.3. The minimum absolute atomic E-state index is 0.00499. The third-order valence-corrected chi connectivity index (χ3v) is 3.84. The number of hydrogen-bond acceptors (Lipinski definition) is 4. The quantitative estimate of drug-likeness (QED) is 0.279. The number of rotatable bonds is 7. The molecule has 2 aromatic rings. The lowest BCUT2D eigenvalue weighted by Crippen LogP contribution is -2.23. The molecule has 0 heterocycles. The number of allylic oxidation sites excluding steroid dienone is 2. The normalized spacial score (nSPS) is 12.0. The van der Waals surface area contributed by atoms with Crippen LogP contribution in [-0.4, -0.2) is 19.2 Å². The fourth-order valence-electron chi connectivity index (χ4n) is 2.23. The number of hydrogen-bond donors (Lipinski definition) is 2. The number of alkyl halides is 3. The Kier molecular flexibility index (Phi) is 7.60. The van der Waals surface area contributed by atoms with Gasteiger partial charge in [0.2, 0.25) is 0 Å². The van der Waals surface area contributed by atoms with Crippen LogP contribution in [-0.2, 0) is 11.0 Å². The van der Waals surface area contributed by atoms with Crippen molar-refractivity contribution in [3.63, 3.8) is 0 Å². The molecular formula is C20H15ClF4N2O3. The van der Waals surface area contributed by atoms with Gasteiger partial charge in [0, 0.05) is 23.8 Å². The molecule has 10 heteroatoms. The Labute approximate surface area is 174 Å². The molecule has 0 aliphatic carbocycles. The third kappa shape index (κ3) is 6.08. The van der Waals surface area contributed by atoms with Gasteiger partial charge in [-0.2, -0.15) is 13.2 Å². The molecule has 0 unspecified atom stereocenters. The molecule has 158 valence electrons. The third-order valence-electron chi connectivity index (χ3n) is 3.60. The molecule has 2 N–H and O–H groups in total. The van der Waals surface area contributed by atoms with Crippen LogP contribution in [0.25, 0.3) is 0 Å². The van der Waals surface area contributed by atoms with Gasteiger partial charge in [-0.3, -0.25) is 9.59 Å². The van der Waals surface area contributed by atoms with Gasteiger partial charge in [-0.05, 0) is 48.7 Å². The second kappa shape index (κ2) is 9.93. The number of aldehydes is 1. The lowest BCUT2D eigenvalue weighted by atomic mass is 10.1. The lowest BCUT2D eigenvalue weighted by Gasteiger charge is -2.15. The van der Waals surface area contributed by atoms with Gasteiger partial charge in [0.05, 0.1) is 11.1 Å². The number of carbonyl (C=O) groups excluding carboxylic acids is 2. The number of amides is 1. The number of carbonyl (C=O) groups is 2. The number of halogens is 5. The van der Waals surface area contributed by atoms with Crippen molar-refractivity contribution < 1.29 is 31.9 Å². The van der Waals surface area contributed by atoms with E-state index in [9.17, 15) is 27.2 Å². The second-order valence-corrected chi connectivity index (χ2v) is 6.16. The Balaban J connectivity index is 2.47. The molecule has 0 spiro atoms. The van der Waals surface area contributed by atoms with E-state index < -0.39 is 29.0 Å². The Morgan fingerprint density at radius 1 is 1.13 bits per heavy atom. The number of benzene rings is 2. The Hall–Kier alpha value is -3.33. The molecule has 30 heavy (non-hydrogen) atoms. The highest BCUT2D eigenvalue weighted by molar-refractivity contribution is 6.30. The zero-order valence-electron chi connectivity index (χ0n) is 15.4. The van der Waals surface area contributed by atoms with Crippen molar-refractivity contribution >= 4 is 23.8 Å². The summed E-state index contributed by atoms with van der Waals surface area (Å²) in [4.78, 5) is 23.4. The summed E-state index contributed by atoms with van der Waals surface area (Å²) in [5, 5.41) is 5.03. The summed E-state index contributed by atoms with van der Waals surface area (Å²) in [6, 6.07) is 5.61. The van der Waals surface area contributed by atoms with Crippen LogP contribution >= 0.6 is 11.6 Å². The fourth-order valence-corrected chi connectivity index (χ4v) is 2.39. The predicted octanol–water partition coefficient (Wildman–Crippen LogP) is 4.84. The van der Waals surface area contributed by atoms with Crippen molar-refractivity contribution in [3.8, 4) is 11.5 Å². The molecule has 1 amide bonds. The summed E-state index contributed by atoms with van der Waals surface area (Å²) in [6.07, 6.45) is -0.630. The summed E-state index contributed by atoms with van der Waals surface area (Å²) in [7, 11) is 1.57. The van der Waals surface area contributed by atoms with Gasteiger partial charge in [0.1, 0.15) is 12.0 Å². The van der Waals surface area contributed by atoms with Crippen LogP contribution in [0, 0.1) is 5.82 Å². The maximum Gasteiger partial charge on any atom is 0.416 e. The van der Waals surface area contributed by atoms with Gasteiger partial charge in [-0.25, -0.2) is 4.39 Å². The van der Waals surface area contributed by atoms with Gasteiger partial charge in [-0.1, -0.05) is 11.6 Å². The molecule has 2 aromatic carbocycles. The monoisotopic (exact) mass is 442 g/mol. The first-order chi connectivity index (χ1) is 14.2. The molecule has 0 aliphatic heterocycles. The summed E-state index contributed by atoms with van der Waals surface area (Å²) >= 11 is 5.67. The average Bonchev–Trinajstić information content (AvgIpc) is 2.67. The van der Waals surface area contributed by atoms with Gasteiger partial charge >= 0.3 is 6.18 Å². The van der Waals surface area contributed by atoms with Gasteiger partial charge in [0.15, 0.2) is 11.6 Å². The van der Waals surface area contributed by atoms with E-state index in [0.29, 0.717) is 18.4 Å². The Morgan fingerprint density at radius 2 is 1.83 bits per heavy atom. The van der Waals surface area contributed by atoms with E-state index in [4.69, 9.17) is 16.3 Å². The first-order valence-electron chi connectivity index (χ1n) is 8.30. The van der Waals surface area contributed by atoms with Gasteiger partial charge < -0.3 is 15.4 Å². The molecule has 0 aromatic heterocycles. The first-order valence-corrected chi connectivity index (χ1v) is 8.68. The molecule has 0 aliphatic rings. The topological polar surface area (TPSA) is 67.4 Å². The predicted molar refractivity (Wildman–Crippen MR) is 103 cm³/mol. The average molecular weight is 443 g/mol. The van der Waals surface area contributed by atoms with E-state index in [1.54, 1.807) is 7.05 Å². The number of ether oxygens (including phenoxy) is 1. The van der Waals surface area contributed by atoms with Crippen LogP contribution in [0.4, 0.5) is 17.6 Å². The van der Waals surface area contributed by atoms with Crippen molar-refractivity contribution in [2.45, 2.75) is 6.18 Å². The minimum atomic E-state index is -4.73. The van der Waals surface area contributed by atoms with Crippen LogP contribution in [0.2, 0.25) is 5.02 Å². The molecule has 0 atom stereocenters. The van der Waals surface area contributed by atoms with Crippen LogP contribution in [0.3, 0.4) is 0 Å². The Bertz CT molecular complexity index is 1000. The largest absolute Gasteiger partial charge is 0.453 e. The van der Waals surface area contributed by atoms with Crippen molar-refractivity contribution in [2.24, 2.45) is 0 Å². The molecule has 0 radical (unpaired) electrons. The molecule has 0 saturated heterocycles. The minimum Gasteiger partial charge on any atom is -0.453 e. The maximum absolute atomic E-state index is 14.0. The highest BCUT2D eigenvalue weighted by Crippen LogP contribution is 2.35. The molecule has 0 bridgehead atoms. The Morgan fingerprint density at radius 3 is 2.43 bits per heavy atom. The van der Waals surface area contributed by atoms with E-state index in [1.807, 2.05) is 0 Å². The van der Waals surface area contributed by atoms with Crippen LogP contribution < -0.4 is 15.4 Å². The maximum atomic E-state index is 14.0. The van der Waals surface area contributed by atoms with Crippen molar-refractivity contribution in [1.29, 1.82) is 0 Å². The van der Waals surface area contributed by atoms with Gasteiger partial charge in [0.25, 0.3) is 5.91 Å². The molecule has 0 saturated carbocycles. The van der Waals surface area contributed by atoms with Crippen molar-refractivity contribution in [3.05, 3.63) is 82.4 Å². The summed E-state index contributed by atoms with van der Waals surface area (Å²) in [5.74, 6) is -2.54. The standard InChI is InChI=1S/C20H15ClF4N2O3/c1-26-8-6-14(7-9-28)27-19(29)15-10-12(20(23,24)25)2-4-17(15)30-18-5-3-13(21)11-16(18)22/h2-11,26H,1H3,(H,27,29)/b8-6-,14-7+. The van der Waals surface area contributed by atoms with E-state index in [-0.39, 0.29) is 22.2 Å².